The van der Waals surface area contributed by atoms with Crippen LogP contribution in [0.15, 0.2) is 0 Å². The van der Waals surface area contributed by atoms with Crippen LogP contribution in [0.3, 0.4) is 0 Å². The molecule has 0 aliphatic heterocycles. The number of nitrogens with one attached hydrogen (secondary N) is 1. The van der Waals surface area contributed by atoms with E-state index in [0.29, 0.717) is 0 Å². The van der Waals surface area contributed by atoms with Crippen molar-refractivity contribution in [2.75, 3.05) is 6.26 Å². The molecule has 0 unspecified atom stereocenters. The topological polar surface area (TPSA) is 83.5 Å². The fourth-order valence-electron chi connectivity index (χ4n) is 2.49. The van der Waals surface area contributed by atoms with Crippen molar-refractivity contribution < 1.29 is 27.1 Å². The Morgan fingerprint density at radius 3 is 2.37 bits per heavy atom. The van der Waals surface area contributed by atoms with Crippen molar-refractivity contribution in [1.82, 2.24) is 5.32 Å². The third kappa shape index (κ3) is 2.47. The second kappa shape index (κ2) is 4.37. The summed E-state index contributed by atoms with van der Waals surface area (Å²) in [4.78, 5) is 12.0. The highest BCUT2D eigenvalue weighted by atomic mass is 32.2. The summed E-state index contributed by atoms with van der Waals surface area (Å²) in [6.45, 7) is 0. The van der Waals surface area contributed by atoms with Crippen molar-refractivity contribution in [2.45, 2.75) is 54.9 Å². The van der Waals surface area contributed by atoms with Crippen LogP contribution >= 0.6 is 0 Å². The molecule has 2 N–H and O–H groups in total. The summed E-state index contributed by atoms with van der Waals surface area (Å²) in [5.74, 6) is -4.00. The van der Waals surface area contributed by atoms with Crippen LogP contribution in [0.1, 0.15) is 32.1 Å². The van der Waals surface area contributed by atoms with Gasteiger partial charge in [-0.05, 0) is 25.7 Å². The van der Waals surface area contributed by atoms with Crippen LogP contribution in [-0.2, 0) is 14.6 Å². The second-order valence-corrected chi connectivity index (χ2v) is 7.77. The van der Waals surface area contributed by atoms with Gasteiger partial charge in [-0.25, -0.2) is 17.2 Å². The summed E-state index contributed by atoms with van der Waals surface area (Å²) in [6.07, 6.45) is -0.596. The normalized spacial score (nSPS) is 32.6. The lowest BCUT2D eigenvalue weighted by atomic mass is 9.89. The predicted molar refractivity (Wildman–Crippen MR) is 63.5 cm³/mol. The molecular weight excluding hydrogens is 280 g/mol. The number of sulfone groups is 1. The van der Waals surface area contributed by atoms with Crippen LogP contribution in [0.2, 0.25) is 0 Å². The molecule has 8 heteroatoms. The van der Waals surface area contributed by atoms with Crippen LogP contribution in [0.4, 0.5) is 8.78 Å². The lowest BCUT2D eigenvalue weighted by molar-refractivity contribution is -0.149. The number of carbonyl (C=O) groups is 1. The van der Waals surface area contributed by atoms with Gasteiger partial charge in [0, 0.05) is 12.7 Å². The molecule has 5 nitrogen and oxygen atoms in total. The van der Waals surface area contributed by atoms with Gasteiger partial charge in [-0.3, -0.25) is 4.79 Å². The van der Waals surface area contributed by atoms with E-state index in [1.54, 1.807) is 0 Å². The highest BCUT2D eigenvalue weighted by Crippen LogP contribution is 2.44. The average molecular weight is 297 g/mol. The van der Waals surface area contributed by atoms with Gasteiger partial charge in [-0.15, -0.1) is 0 Å². The van der Waals surface area contributed by atoms with Crippen LogP contribution in [0, 0.1) is 0 Å². The SMILES string of the molecule is CS(=O)(=O)C1(C(=O)N[C@@H]2CCCC(F)(F)[C@H]2O)CC1. The first-order chi connectivity index (χ1) is 8.60. The highest BCUT2D eigenvalue weighted by Gasteiger charge is 2.59. The first-order valence-corrected chi connectivity index (χ1v) is 8.06. The molecule has 0 aromatic rings. The number of amides is 1. The Morgan fingerprint density at radius 2 is 1.89 bits per heavy atom. The summed E-state index contributed by atoms with van der Waals surface area (Å²) in [6, 6.07) is -1.09. The minimum atomic E-state index is -3.57. The van der Waals surface area contributed by atoms with E-state index in [4.69, 9.17) is 0 Å². The van der Waals surface area contributed by atoms with Gasteiger partial charge in [-0.1, -0.05) is 0 Å². The Hall–Kier alpha value is -0.760. The quantitative estimate of drug-likeness (QED) is 0.781. The minimum absolute atomic E-state index is 0.181. The van der Waals surface area contributed by atoms with Gasteiger partial charge in [-0.2, -0.15) is 0 Å². The van der Waals surface area contributed by atoms with Crippen LogP contribution < -0.4 is 5.32 Å². The van der Waals surface area contributed by atoms with Gasteiger partial charge < -0.3 is 10.4 Å². The maximum atomic E-state index is 13.3. The van der Waals surface area contributed by atoms with E-state index in [-0.39, 0.29) is 25.7 Å². The smallest absolute Gasteiger partial charge is 0.275 e. The molecule has 0 aromatic heterocycles. The number of halogens is 2. The number of alkyl halides is 2. The largest absolute Gasteiger partial charge is 0.385 e. The first-order valence-electron chi connectivity index (χ1n) is 6.17. The molecule has 0 aromatic carbocycles. The van der Waals surface area contributed by atoms with E-state index in [1.165, 1.54) is 0 Å². The Labute approximate surface area is 110 Å². The third-order valence-electron chi connectivity index (χ3n) is 3.98. The molecule has 2 aliphatic rings. The van der Waals surface area contributed by atoms with Gasteiger partial charge in [0.25, 0.3) is 5.92 Å². The lowest BCUT2D eigenvalue weighted by Crippen LogP contribution is -2.57. The van der Waals surface area contributed by atoms with E-state index in [9.17, 15) is 27.1 Å². The molecule has 2 aliphatic carbocycles. The minimum Gasteiger partial charge on any atom is -0.385 e. The van der Waals surface area contributed by atoms with Crippen molar-refractivity contribution in [3.05, 3.63) is 0 Å². The summed E-state index contributed by atoms with van der Waals surface area (Å²) in [5, 5.41) is 11.8. The number of aliphatic hydroxyl groups is 1. The van der Waals surface area contributed by atoms with Gasteiger partial charge in [0.05, 0.1) is 6.04 Å². The Bertz CT molecular complexity index is 487. The van der Waals surface area contributed by atoms with Gasteiger partial charge in [0.15, 0.2) is 14.6 Å². The van der Waals surface area contributed by atoms with Gasteiger partial charge in [0.1, 0.15) is 6.10 Å². The van der Waals surface area contributed by atoms with E-state index < -0.39 is 45.0 Å². The fraction of sp³-hybridized carbons (Fsp3) is 0.909. The number of hydrogen-bond donors (Lipinski definition) is 2. The monoisotopic (exact) mass is 297 g/mol. The Kier molecular flexibility index (Phi) is 3.37. The fourth-order valence-corrected chi connectivity index (χ4v) is 3.73. The van der Waals surface area contributed by atoms with Crippen molar-refractivity contribution in [2.24, 2.45) is 0 Å². The van der Waals surface area contributed by atoms with E-state index in [0.717, 1.165) is 6.26 Å². The predicted octanol–water partition coefficient (Wildman–Crippen LogP) is 0.228. The van der Waals surface area contributed by atoms with Crippen molar-refractivity contribution in [3.8, 4) is 0 Å². The molecule has 0 radical (unpaired) electrons. The molecule has 2 rings (SSSR count). The maximum absolute atomic E-state index is 13.3. The van der Waals surface area contributed by atoms with Gasteiger partial charge in [0.2, 0.25) is 5.91 Å². The number of aliphatic hydroxyl groups excluding tert-OH is 1. The summed E-state index contributed by atoms with van der Waals surface area (Å²) in [7, 11) is -3.57. The molecule has 1 amide bonds. The molecule has 0 saturated heterocycles. The Balaban J connectivity index is 2.08. The zero-order valence-electron chi connectivity index (χ0n) is 10.5. The van der Waals surface area contributed by atoms with Gasteiger partial charge >= 0.3 is 0 Å². The molecule has 2 saturated carbocycles. The summed E-state index contributed by atoms with van der Waals surface area (Å²) in [5.41, 5.74) is 0. The number of carbonyl (C=O) groups excluding carboxylic acids is 1. The molecular formula is C11H17F2NO4S. The number of hydrogen-bond acceptors (Lipinski definition) is 4. The molecule has 110 valence electrons. The molecule has 19 heavy (non-hydrogen) atoms. The third-order valence-corrected chi connectivity index (χ3v) is 6.00. The molecule has 0 bridgehead atoms. The molecule has 0 heterocycles. The average Bonchev–Trinajstić information content (AvgIpc) is 3.04. The maximum Gasteiger partial charge on any atom is 0.275 e. The summed E-state index contributed by atoms with van der Waals surface area (Å²) < 4.78 is 48.2. The van der Waals surface area contributed by atoms with Crippen LogP contribution in [0.25, 0.3) is 0 Å². The Morgan fingerprint density at radius 1 is 1.32 bits per heavy atom. The van der Waals surface area contributed by atoms with Crippen LogP contribution in [0.5, 0.6) is 0 Å². The van der Waals surface area contributed by atoms with E-state index >= 15 is 0 Å². The van der Waals surface area contributed by atoms with Crippen molar-refractivity contribution in [1.29, 1.82) is 0 Å². The first kappa shape index (κ1) is 14.6. The molecule has 0 spiro atoms. The zero-order chi connectivity index (χ0) is 14.5. The van der Waals surface area contributed by atoms with Crippen molar-refractivity contribution >= 4 is 15.7 Å². The van der Waals surface area contributed by atoms with E-state index in [1.807, 2.05) is 0 Å². The molecule has 2 atom stereocenters. The van der Waals surface area contributed by atoms with Crippen LogP contribution in [-0.4, -0.2) is 48.5 Å². The van der Waals surface area contributed by atoms with Crippen molar-refractivity contribution in [3.63, 3.8) is 0 Å². The standard InChI is InChI=1S/C11H17F2NO4S/c1-19(17,18)10(5-6-10)9(16)14-7-3-2-4-11(12,13)8(7)15/h7-8,15H,2-6H2,1H3,(H,14,16)/t7-,8+/m1/s1. The lowest BCUT2D eigenvalue weighted by Gasteiger charge is -2.35. The second-order valence-electron chi connectivity index (χ2n) is 5.44. The zero-order valence-corrected chi connectivity index (χ0v) is 11.3. The number of rotatable bonds is 3. The summed E-state index contributed by atoms with van der Waals surface area (Å²) >= 11 is 0. The molecule has 2 fully saturated rings. The highest BCUT2D eigenvalue weighted by molar-refractivity contribution is 7.93. The van der Waals surface area contributed by atoms with E-state index in [2.05, 4.69) is 5.32 Å².